The molecular weight excluding hydrogens is 274 g/mol. The maximum absolute atomic E-state index is 5.64. The lowest BCUT2D eigenvalue weighted by atomic mass is 10.3. The highest BCUT2D eigenvalue weighted by atomic mass is 32.1. The molecule has 1 saturated heterocycles. The first kappa shape index (κ1) is 13.7. The van der Waals surface area contributed by atoms with Gasteiger partial charge in [0, 0.05) is 11.4 Å². The number of rotatable bonds is 4. The quantitative estimate of drug-likeness (QED) is 0.938. The van der Waals surface area contributed by atoms with Crippen LogP contribution < -0.4 is 5.32 Å². The molecule has 5 nitrogen and oxygen atoms in total. The number of hydrogen-bond acceptors (Lipinski definition) is 6. The summed E-state index contributed by atoms with van der Waals surface area (Å²) in [6.07, 6.45) is 1.12. The van der Waals surface area contributed by atoms with Gasteiger partial charge in [-0.3, -0.25) is 0 Å². The predicted octanol–water partition coefficient (Wildman–Crippen LogP) is 2.39. The SMILES string of the molecule is CCc1cc2c(NCC3COCCO3)nc(C)nc2s1. The molecule has 3 heterocycles. The van der Waals surface area contributed by atoms with Gasteiger partial charge in [-0.25, -0.2) is 9.97 Å². The molecular formula is C14H19N3O2S. The molecule has 0 aromatic carbocycles. The Bertz CT molecular complexity index is 593. The van der Waals surface area contributed by atoms with Crippen molar-refractivity contribution < 1.29 is 9.47 Å². The van der Waals surface area contributed by atoms with E-state index < -0.39 is 0 Å². The zero-order chi connectivity index (χ0) is 13.9. The van der Waals surface area contributed by atoms with Crippen molar-refractivity contribution in [2.45, 2.75) is 26.4 Å². The highest BCUT2D eigenvalue weighted by molar-refractivity contribution is 7.18. The van der Waals surface area contributed by atoms with Gasteiger partial charge in [0.05, 0.1) is 31.3 Å². The second kappa shape index (κ2) is 6.03. The molecule has 1 unspecified atom stereocenters. The summed E-state index contributed by atoms with van der Waals surface area (Å²) in [6, 6.07) is 2.18. The summed E-state index contributed by atoms with van der Waals surface area (Å²) in [5, 5.41) is 4.49. The van der Waals surface area contributed by atoms with Crippen LogP contribution in [0.4, 0.5) is 5.82 Å². The van der Waals surface area contributed by atoms with E-state index in [1.165, 1.54) is 4.88 Å². The van der Waals surface area contributed by atoms with Crippen molar-refractivity contribution >= 4 is 27.4 Å². The first-order valence-corrected chi connectivity index (χ1v) is 7.78. The summed E-state index contributed by atoms with van der Waals surface area (Å²) in [4.78, 5) is 11.4. The molecule has 108 valence electrons. The largest absolute Gasteiger partial charge is 0.376 e. The molecule has 1 N–H and O–H groups in total. The Morgan fingerprint density at radius 2 is 2.30 bits per heavy atom. The number of aromatic nitrogens is 2. The number of ether oxygens (including phenoxy) is 2. The topological polar surface area (TPSA) is 56.3 Å². The fourth-order valence-corrected chi connectivity index (χ4v) is 3.26. The first-order valence-electron chi connectivity index (χ1n) is 6.96. The Morgan fingerprint density at radius 3 is 3.05 bits per heavy atom. The number of hydrogen-bond donors (Lipinski definition) is 1. The van der Waals surface area contributed by atoms with Crippen molar-refractivity contribution in [1.82, 2.24) is 9.97 Å². The molecule has 0 saturated carbocycles. The summed E-state index contributed by atoms with van der Waals surface area (Å²) in [5.74, 6) is 1.70. The van der Waals surface area contributed by atoms with Crippen LogP contribution in [0.15, 0.2) is 6.07 Å². The van der Waals surface area contributed by atoms with Crippen molar-refractivity contribution in [1.29, 1.82) is 0 Å². The van der Waals surface area contributed by atoms with Gasteiger partial charge >= 0.3 is 0 Å². The van der Waals surface area contributed by atoms with Gasteiger partial charge in [-0.1, -0.05) is 6.92 Å². The minimum Gasteiger partial charge on any atom is -0.376 e. The second-order valence-corrected chi connectivity index (χ2v) is 5.97. The summed E-state index contributed by atoms with van der Waals surface area (Å²) in [7, 11) is 0. The van der Waals surface area contributed by atoms with E-state index in [0.29, 0.717) is 26.4 Å². The Morgan fingerprint density at radius 1 is 1.40 bits per heavy atom. The number of aryl methyl sites for hydroxylation is 2. The van der Waals surface area contributed by atoms with Crippen LogP contribution in [0.1, 0.15) is 17.6 Å². The predicted molar refractivity (Wildman–Crippen MR) is 80.6 cm³/mol. The highest BCUT2D eigenvalue weighted by Crippen LogP contribution is 2.29. The van der Waals surface area contributed by atoms with E-state index in [1.807, 2.05) is 6.92 Å². The third-order valence-corrected chi connectivity index (χ3v) is 4.46. The zero-order valence-electron chi connectivity index (χ0n) is 11.8. The van der Waals surface area contributed by atoms with Crippen LogP contribution in [0.3, 0.4) is 0 Å². The standard InChI is InChI=1S/C14H19N3O2S/c1-3-11-6-12-13(16-9(2)17-14(12)20-11)15-7-10-8-18-4-5-19-10/h6,10H,3-5,7-8H2,1-2H3,(H,15,16,17). The van der Waals surface area contributed by atoms with Crippen molar-refractivity contribution in [2.24, 2.45) is 0 Å². The Balaban J connectivity index is 1.80. The Hall–Kier alpha value is -1.24. The van der Waals surface area contributed by atoms with Gasteiger partial charge in [-0.2, -0.15) is 0 Å². The molecule has 0 aliphatic carbocycles. The average molecular weight is 293 g/mol. The summed E-state index contributed by atoms with van der Waals surface area (Å²) in [5.41, 5.74) is 0. The fraction of sp³-hybridized carbons (Fsp3) is 0.571. The summed E-state index contributed by atoms with van der Waals surface area (Å²) in [6.45, 7) is 6.80. The molecule has 3 rings (SSSR count). The highest BCUT2D eigenvalue weighted by Gasteiger charge is 2.16. The van der Waals surface area contributed by atoms with Gasteiger partial charge in [-0.15, -0.1) is 11.3 Å². The van der Waals surface area contributed by atoms with Crippen molar-refractivity contribution in [3.8, 4) is 0 Å². The monoisotopic (exact) mass is 293 g/mol. The van der Waals surface area contributed by atoms with E-state index in [2.05, 4.69) is 28.3 Å². The molecule has 1 atom stereocenters. The van der Waals surface area contributed by atoms with Crippen molar-refractivity contribution in [2.75, 3.05) is 31.7 Å². The molecule has 1 aliphatic rings. The smallest absolute Gasteiger partial charge is 0.138 e. The lowest BCUT2D eigenvalue weighted by Crippen LogP contribution is -2.34. The van der Waals surface area contributed by atoms with E-state index in [4.69, 9.17) is 9.47 Å². The normalized spacial score (nSPS) is 19.4. The maximum Gasteiger partial charge on any atom is 0.138 e. The van der Waals surface area contributed by atoms with E-state index in [0.717, 1.165) is 28.3 Å². The number of nitrogens with zero attached hydrogens (tertiary/aromatic N) is 2. The lowest BCUT2D eigenvalue weighted by molar-refractivity contribution is -0.0819. The minimum atomic E-state index is 0.0957. The van der Waals surface area contributed by atoms with Gasteiger partial charge in [0.1, 0.15) is 16.5 Å². The van der Waals surface area contributed by atoms with E-state index >= 15 is 0 Å². The third-order valence-electron chi connectivity index (χ3n) is 3.29. The molecule has 0 amide bonds. The van der Waals surface area contributed by atoms with Gasteiger partial charge in [0.25, 0.3) is 0 Å². The van der Waals surface area contributed by atoms with Gasteiger partial charge in [0.15, 0.2) is 0 Å². The average Bonchev–Trinajstić information content (AvgIpc) is 2.88. The maximum atomic E-state index is 5.64. The Labute approximate surface area is 122 Å². The molecule has 2 aromatic heterocycles. The van der Waals surface area contributed by atoms with Gasteiger partial charge < -0.3 is 14.8 Å². The van der Waals surface area contributed by atoms with Crippen molar-refractivity contribution in [3.05, 3.63) is 16.8 Å². The fourth-order valence-electron chi connectivity index (χ4n) is 2.25. The van der Waals surface area contributed by atoms with Gasteiger partial charge in [-0.05, 0) is 19.4 Å². The lowest BCUT2D eigenvalue weighted by Gasteiger charge is -2.23. The second-order valence-electron chi connectivity index (χ2n) is 4.85. The number of fused-ring (bicyclic) bond motifs is 1. The number of nitrogens with one attached hydrogen (secondary N) is 1. The molecule has 1 aliphatic heterocycles. The third kappa shape index (κ3) is 2.92. The van der Waals surface area contributed by atoms with Crippen LogP contribution >= 0.6 is 11.3 Å². The molecule has 2 aromatic rings. The molecule has 0 bridgehead atoms. The van der Waals surface area contributed by atoms with E-state index in [1.54, 1.807) is 11.3 Å². The minimum absolute atomic E-state index is 0.0957. The van der Waals surface area contributed by atoms with Crippen LogP contribution in [0.2, 0.25) is 0 Å². The van der Waals surface area contributed by atoms with Crippen LogP contribution in [0, 0.1) is 6.92 Å². The number of thiophene rings is 1. The van der Waals surface area contributed by atoms with E-state index in [-0.39, 0.29) is 6.10 Å². The van der Waals surface area contributed by atoms with Gasteiger partial charge in [0.2, 0.25) is 0 Å². The van der Waals surface area contributed by atoms with E-state index in [9.17, 15) is 0 Å². The van der Waals surface area contributed by atoms with Crippen molar-refractivity contribution in [3.63, 3.8) is 0 Å². The van der Waals surface area contributed by atoms with Crippen LogP contribution in [-0.2, 0) is 15.9 Å². The molecule has 1 fully saturated rings. The molecule has 20 heavy (non-hydrogen) atoms. The molecule has 0 radical (unpaired) electrons. The van der Waals surface area contributed by atoms with Crippen LogP contribution in [-0.4, -0.2) is 42.4 Å². The summed E-state index contributed by atoms with van der Waals surface area (Å²) >= 11 is 1.74. The first-order chi connectivity index (χ1) is 9.76. The molecule has 0 spiro atoms. The summed E-state index contributed by atoms with van der Waals surface area (Å²) < 4.78 is 11.0. The van der Waals surface area contributed by atoms with Crippen LogP contribution in [0.5, 0.6) is 0 Å². The zero-order valence-corrected chi connectivity index (χ0v) is 12.6. The molecule has 6 heteroatoms. The number of anilines is 1. The Kier molecular flexibility index (Phi) is 4.14. The van der Waals surface area contributed by atoms with Crippen LogP contribution in [0.25, 0.3) is 10.2 Å².